The molecular weight excluding hydrogens is 272 g/mol. The number of carbonyl (C=O) groups is 1. The second-order valence-electron chi connectivity index (χ2n) is 4.93. The Morgan fingerprint density at radius 1 is 1.20 bits per heavy atom. The van der Waals surface area contributed by atoms with E-state index in [1.165, 1.54) is 0 Å². The normalized spacial score (nSPS) is 12.2. The minimum absolute atomic E-state index is 0.136. The molecule has 1 atom stereocenters. The summed E-state index contributed by atoms with van der Waals surface area (Å²) in [5.41, 5.74) is 2.22. The fourth-order valence-electron chi connectivity index (χ4n) is 1.97. The zero-order valence-electron chi connectivity index (χ0n) is 12.6. The van der Waals surface area contributed by atoms with Gasteiger partial charge in [0.2, 0.25) is 0 Å². The van der Waals surface area contributed by atoms with Gasteiger partial charge in [-0.05, 0) is 50.8 Å². The first-order valence-corrected chi connectivity index (χ1v) is 8.47. The van der Waals surface area contributed by atoms with Gasteiger partial charge in [-0.3, -0.25) is 9.00 Å². The molecule has 4 heteroatoms. The highest BCUT2D eigenvalue weighted by Gasteiger charge is 2.08. The predicted octanol–water partition coefficient (Wildman–Crippen LogP) is 3.53. The molecule has 1 aromatic carbocycles. The Hall–Kier alpha value is -1.16. The monoisotopic (exact) mass is 296 g/mol. The molecule has 0 saturated heterocycles. The molecule has 0 aromatic heterocycles. The van der Waals surface area contributed by atoms with Crippen molar-refractivity contribution in [3.05, 3.63) is 29.3 Å². The van der Waals surface area contributed by atoms with Gasteiger partial charge in [0.1, 0.15) is 0 Å². The van der Waals surface area contributed by atoms with E-state index in [1.54, 1.807) is 0 Å². The Morgan fingerprint density at radius 2 is 1.95 bits per heavy atom. The van der Waals surface area contributed by atoms with Crippen LogP contribution in [0.4, 0.5) is 0 Å². The van der Waals surface area contributed by atoms with Crippen molar-refractivity contribution in [3.8, 4) is 0 Å². The Morgan fingerprint density at radius 3 is 2.65 bits per heavy atom. The van der Waals surface area contributed by atoms with E-state index in [4.69, 9.17) is 4.74 Å². The molecule has 20 heavy (non-hydrogen) atoms. The van der Waals surface area contributed by atoms with Gasteiger partial charge in [-0.25, -0.2) is 0 Å². The molecule has 0 aliphatic heterocycles. The van der Waals surface area contributed by atoms with E-state index in [-0.39, 0.29) is 5.97 Å². The van der Waals surface area contributed by atoms with Crippen molar-refractivity contribution in [2.75, 3.05) is 12.4 Å². The molecule has 112 valence electrons. The summed E-state index contributed by atoms with van der Waals surface area (Å²) in [5.74, 6) is 0.524. The third kappa shape index (κ3) is 5.87. The summed E-state index contributed by atoms with van der Waals surface area (Å²) in [6.07, 6.45) is 3.06. The largest absolute Gasteiger partial charge is 0.466 e. The summed E-state index contributed by atoms with van der Waals surface area (Å²) < 4.78 is 17.1. The fraction of sp³-hybridized carbons (Fsp3) is 0.562. The average molecular weight is 296 g/mol. The number of carbonyl (C=O) groups excluding carboxylic acids is 1. The first kappa shape index (κ1) is 16.9. The second kappa shape index (κ2) is 8.90. The standard InChI is InChI=1S/C16H24O3S/c1-4-19-16(17)8-6-5-7-11-20(18)15-12-13(2)9-10-14(15)3/h9-10,12H,4-8,11H2,1-3H3. The van der Waals surface area contributed by atoms with Crippen molar-refractivity contribution in [1.29, 1.82) is 0 Å². The molecule has 0 aliphatic carbocycles. The second-order valence-corrected chi connectivity index (χ2v) is 6.47. The molecular formula is C16H24O3S. The molecule has 0 spiro atoms. The molecule has 0 N–H and O–H groups in total. The molecule has 1 rings (SSSR count). The summed E-state index contributed by atoms with van der Waals surface area (Å²) in [6, 6.07) is 6.06. The van der Waals surface area contributed by atoms with Crippen LogP contribution in [0.5, 0.6) is 0 Å². The minimum atomic E-state index is -0.939. The molecule has 0 amide bonds. The highest BCUT2D eigenvalue weighted by molar-refractivity contribution is 7.85. The van der Waals surface area contributed by atoms with Crippen molar-refractivity contribution < 1.29 is 13.7 Å². The van der Waals surface area contributed by atoms with Crippen molar-refractivity contribution in [3.63, 3.8) is 0 Å². The van der Waals surface area contributed by atoms with Crippen LogP contribution >= 0.6 is 0 Å². The zero-order valence-corrected chi connectivity index (χ0v) is 13.4. The van der Waals surface area contributed by atoms with E-state index in [0.29, 0.717) is 18.8 Å². The minimum Gasteiger partial charge on any atom is -0.466 e. The van der Waals surface area contributed by atoms with Gasteiger partial charge < -0.3 is 4.74 Å². The number of hydrogen-bond acceptors (Lipinski definition) is 3. The molecule has 0 aliphatic rings. The van der Waals surface area contributed by atoms with Crippen LogP contribution in [-0.4, -0.2) is 22.5 Å². The molecule has 0 heterocycles. The summed E-state index contributed by atoms with van der Waals surface area (Å²) in [6.45, 7) is 6.26. The van der Waals surface area contributed by atoms with Crippen LogP contribution in [0.2, 0.25) is 0 Å². The molecule has 0 fully saturated rings. The molecule has 3 nitrogen and oxygen atoms in total. The SMILES string of the molecule is CCOC(=O)CCCCCS(=O)c1cc(C)ccc1C. The van der Waals surface area contributed by atoms with E-state index < -0.39 is 10.8 Å². The summed E-state index contributed by atoms with van der Waals surface area (Å²) in [5, 5.41) is 0. The smallest absolute Gasteiger partial charge is 0.305 e. The van der Waals surface area contributed by atoms with Gasteiger partial charge in [0.25, 0.3) is 0 Å². The van der Waals surface area contributed by atoms with Gasteiger partial charge in [-0.2, -0.15) is 0 Å². The lowest BCUT2D eigenvalue weighted by Crippen LogP contribution is -2.04. The third-order valence-corrected chi connectivity index (χ3v) is 4.69. The quantitative estimate of drug-likeness (QED) is 0.544. The number of rotatable bonds is 8. The number of unbranched alkanes of at least 4 members (excludes halogenated alkanes) is 2. The molecule has 0 bridgehead atoms. The van der Waals surface area contributed by atoms with Crippen molar-refractivity contribution in [1.82, 2.24) is 0 Å². The fourth-order valence-corrected chi connectivity index (χ4v) is 3.41. The topological polar surface area (TPSA) is 43.4 Å². The van der Waals surface area contributed by atoms with Crippen LogP contribution < -0.4 is 0 Å². The molecule has 0 radical (unpaired) electrons. The third-order valence-electron chi connectivity index (χ3n) is 3.10. The van der Waals surface area contributed by atoms with Crippen LogP contribution in [0, 0.1) is 13.8 Å². The van der Waals surface area contributed by atoms with Crippen LogP contribution in [0.3, 0.4) is 0 Å². The first-order chi connectivity index (χ1) is 9.54. The Labute approximate surface area is 124 Å². The van der Waals surface area contributed by atoms with Gasteiger partial charge in [-0.1, -0.05) is 18.6 Å². The summed E-state index contributed by atoms with van der Waals surface area (Å²) in [4.78, 5) is 12.1. The number of esters is 1. The van der Waals surface area contributed by atoms with E-state index in [9.17, 15) is 9.00 Å². The predicted molar refractivity (Wildman–Crippen MR) is 82.3 cm³/mol. The lowest BCUT2D eigenvalue weighted by Gasteiger charge is -2.07. The highest BCUT2D eigenvalue weighted by Crippen LogP contribution is 2.16. The number of hydrogen-bond donors (Lipinski definition) is 0. The van der Waals surface area contributed by atoms with Crippen LogP contribution in [0.15, 0.2) is 23.1 Å². The van der Waals surface area contributed by atoms with Gasteiger partial charge in [0.05, 0.1) is 17.4 Å². The van der Waals surface area contributed by atoms with E-state index in [1.807, 2.05) is 39.0 Å². The Bertz CT molecular complexity index is 469. The maximum absolute atomic E-state index is 12.2. The van der Waals surface area contributed by atoms with E-state index in [0.717, 1.165) is 35.3 Å². The highest BCUT2D eigenvalue weighted by atomic mass is 32.2. The van der Waals surface area contributed by atoms with Crippen molar-refractivity contribution >= 4 is 16.8 Å². The van der Waals surface area contributed by atoms with Crippen molar-refractivity contribution in [2.45, 2.75) is 51.3 Å². The first-order valence-electron chi connectivity index (χ1n) is 7.16. The lowest BCUT2D eigenvalue weighted by atomic mass is 10.2. The number of ether oxygens (including phenoxy) is 1. The number of benzene rings is 1. The maximum atomic E-state index is 12.2. The van der Waals surface area contributed by atoms with Gasteiger partial charge in [0, 0.05) is 17.1 Å². The summed E-state index contributed by atoms with van der Waals surface area (Å²) in [7, 11) is -0.939. The molecule has 1 unspecified atom stereocenters. The maximum Gasteiger partial charge on any atom is 0.305 e. The molecule has 1 aromatic rings. The average Bonchev–Trinajstić information content (AvgIpc) is 2.41. The van der Waals surface area contributed by atoms with Gasteiger partial charge in [0.15, 0.2) is 0 Å². The molecule has 0 saturated carbocycles. The Kier molecular flexibility index (Phi) is 7.52. The summed E-state index contributed by atoms with van der Waals surface area (Å²) >= 11 is 0. The van der Waals surface area contributed by atoms with Crippen LogP contribution in [-0.2, 0) is 20.3 Å². The lowest BCUT2D eigenvalue weighted by molar-refractivity contribution is -0.143. The zero-order chi connectivity index (χ0) is 15.0. The van der Waals surface area contributed by atoms with Crippen LogP contribution in [0.1, 0.15) is 43.7 Å². The van der Waals surface area contributed by atoms with Crippen LogP contribution in [0.25, 0.3) is 0 Å². The van der Waals surface area contributed by atoms with Crippen molar-refractivity contribution in [2.24, 2.45) is 0 Å². The van der Waals surface area contributed by atoms with Gasteiger partial charge in [-0.15, -0.1) is 0 Å². The van der Waals surface area contributed by atoms with E-state index >= 15 is 0 Å². The van der Waals surface area contributed by atoms with E-state index in [2.05, 4.69) is 0 Å². The van der Waals surface area contributed by atoms with Gasteiger partial charge >= 0.3 is 5.97 Å². The Balaban J connectivity index is 2.30. The number of aryl methyl sites for hydroxylation is 2.